The van der Waals surface area contributed by atoms with Gasteiger partial charge < -0.3 is 10.4 Å². The number of aromatic hydroxyl groups is 1. The number of anilines is 1. The molecule has 86 valence electrons. The summed E-state index contributed by atoms with van der Waals surface area (Å²) in [4.78, 5) is 15.8. The summed E-state index contributed by atoms with van der Waals surface area (Å²) in [5, 5.41) is 11.9. The van der Waals surface area contributed by atoms with E-state index < -0.39 is 0 Å². The van der Waals surface area contributed by atoms with Crippen LogP contribution >= 0.6 is 0 Å². The van der Waals surface area contributed by atoms with Crippen molar-refractivity contribution < 1.29 is 9.90 Å². The van der Waals surface area contributed by atoms with Crippen molar-refractivity contribution >= 4 is 11.6 Å². The van der Waals surface area contributed by atoms with Gasteiger partial charge in [0.15, 0.2) is 0 Å². The quantitative estimate of drug-likeness (QED) is 0.829. The molecule has 0 saturated carbocycles. The van der Waals surface area contributed by atoms with Gasteiger partial charge in [-0.15, -0.1) is 0 Å². The first-order valence-corrected chi connectivity index (χ1v) is 5.18. The van der Waals surface area contributed by atoms with Gasteiger partial charge in [-0.2, -0.15) is 0 Å². The lowest BCUT2D eigenvalue weighted by Gasteiger charge is -2.07. The molecule has 0 spiro atoms. The monoisotopic (exact) mass is 228 g/mol. The van der Waals surface area contributed by atoms with E-state index in [-0.39, 0.29) is 11.7 Å². The Bertz CT molecular complexity index is 535. The molecule has 2 N–H and O–H groups in total. The minimum Gasteiger partial charge on any atom is -0.508 e. The van der Waals surface area contributed by atoms with Crippen LogP contribution in [0.3, 0.4) is 0 Å². The van der Waals surface area contributed by atoms with Crippen LogP contribution in [0.25, 0.3) is 0 Å². The van der Waals surface area contributed by atoms with Gasteiger partial charge in [0.1, 0.15) is 5.75 Å². The van der Waals surface area contributed by atoms with Crippen molar-refractivity contribution in [3.05, 3.63) is 53.9 Å². The fourth-order valence-corrected chi connectivity index (χ4v) is 1.40. The Morgan fingerprint density at radius 2 is 1.94 bits per heavy atom. The average Bonchev–Trinajstić information content (AvgIpc) is 2.33. The number of pyridine rings is 1. The summed E-state index contributed by atoms with van der Waals surface area (Å²) in [5.74, 6) is -0.0831. The molecular formula is C13H12N2O2. The van der Waals surface area contributed by atoms with Gasteiger partial charge in [0.05, 0.1) is 11.9 Å². The number of phenolic OH excluding ortho intramolecular Hbond substituents is 1. The molecule has 0 atom stereocenters. The van der Waals surface area contributed by atoms with Crippen LogP contribution in [-0.4, -0.2) is 16.0 Å². The van der Waals surface area contributed by atoms with Gasteiger partial charge in [-0.1, -0.05) is 0 Å². The number of benzene rings is 1. The van der Waals surface area contributed by atoms with Crippen LogP contribution in [0.1, 0.15) is 15.9 Å². The zero-order valence-electron chi connectivity index (χ0n) is 9.34. The van der Waals surface area contributed by atoms with Gasteiger partial charge in [0.25, 0.3) is 5.91 Å². The van der Waals surface area contributed by atoms with E-state index >= 15 is 0 Å². The fraction of sp³-hybridized carbons (Fsp3) is 0.0769. The van der Waals surface area contributed by atoms with Crippen molar-refractivity contribution in [3.8, 4) is 5.75 Å². The van der Waals surface area contributed by atoms with E-state index in [1.807, 2.05) is 13.0 Å². The summed E-state index contributed by atoms with van der Waals surface area (Å²) in [6.45, 7) is 1.90. The highest BCUT2D eigenvalue weighted by molar-refractivity contribution is 6.04. The smallest absolute Gasteiger partial charge is 0.255 e. The van der Waals surface area contributed by atoms with E-state index in [0.29, 0.717) is 11.3 Å². The molecule has 0 bridgehead atoms. The molecule has 0 aliphatic heterocycles. The topological polar surface area (TPSA) is 62.2 Å². The molecule has 4 nitrogen and oxygen atoms in total. The summed E-state index contributed by atoms with van der Waals surface area (Å²) < 4.78 is 0. The Morgan fingerprint density at radius 1 is 1.24 bits per heavy atom. The number of nitrogens with one attached hydrogen (secondary N) is 1. The normalized spacial score (nSPS) is 9.94. The first-order chi connectivity index (χ1) is 8.16. The van der Waals surface area contributed by atoms with Gasteiger partial charge in [-0.05, 0) is 42.8 Å². The van der Waals surface area contributed by atoms with Gasteiger partial charge in [-0.3, -0.25) is 9.78 Å². The van der Waals surface area contributed by atoms with Crippen molar-refractivity contribution in [3.63, 3.8) is 0 Å². The summed E-state index contributed by atoms with van der Waals surface area (Å²) in [6.07, 6.45) is 3.28. The maximum absolute atomic E-state index is 11.9. The zero-order valence-corrected chi connectivity index (χ0v) is 9.34. The number of aromatic nitrogens is 1. The minimum absolute atomic E-state index is 0.138. The third-order valence-corrected chi connectivity index (χ3v) is 2.42. The second-order valence-electron chi connectivity index (χ2n) is 3.69. The summed E-state index contributed by atoms with van der Waals surface area (Å²) in [7, 11) is 0. The van der Waals surface area contributed by atoms with E-state index in [2.05, 4.69) is 10.3 Å². The molecule has 1 heterocycles. The van der Waals surface area contributed by atoms with Crippen molar-refractivity contribution in [2.75, 3.05) is 5.32 Å². The van der Waals surface area contributed by atoms with Gasteiger partial charge in [-0.25, -0.2) is 0 Å². The first-order valence-electron chi connectivity index (χ1n) is 5.18. The minimum atomic E-state index is -0.221. The van der Waals surface area contributed by atoms with Crippen LogP contribution in [0, 0.1) is 6.92 Å². The summed E-state index contributed by atoms with van der Waals surface area (Å²) in [6, 6.07) is 7.91. The number of aryl methyl sites for hydroxylation is 1. The number of carbonyl (C=O) groups is 1. The van der Waals surface area contributed by atoms with Crippen LogP contribution in [0.5, 0.6) is 5.75 Å². The molecule has 0 radical (unpaired) electrons. The first kappa shape index (κ1) is 11.1. The molecule has 0 aliphatic rings. The van der Waals surface area contributed by atoms with E-state index in [0.717, 1.165) is 5.56 Å². The largest absolute Gasteiger partial charge is 0.508 e. The lowest BCUT2D eigenvalue weighted by atomic mass is 10.2. The molecule has 1 amide bonds. The van der Waals surface area contributed by atoms with E-state index in [4.69, 9.17) is 5.11 Å². The maximum atomic E-state index is 11.9. The molecule has 2 aromatic rings. The number of rotatable bonds is 2. The van der Waals surface area contributed by atoms with Crippen LogP contribution in [0.15, 0.2) is 42.7 Å². The predicted octanol–water partition coefficient (Wildman–Crippen LogP) is 2.35. The average molecular weight is 228 g/mol. The lowest BCUT2D eigenvalue weighted by Crippen LogP contribution is -2.12. The molecule has 0 unspecified atom stereocenters. The number of amides is 1. The van der Waals surface area contributed by atoms with Crippen LogP contribution in [0.2, 0.25) is 0 Å². The predicted molar refractivity (Wildman–Crippen MR) is 65.0 cm³/mol. The Labute approximate surface area is 98.9 Å². The molecular weight excluding hydrogens is 216 g/mol. The second kappa shape index (κ2) is 4.65. The number of hydrogen-bond donors (Lipinski definition) is 2. The molecule has 0 aliphatic carbocycles. The van der Waals surface area contributed by atoms with Crippen molar-refractivity contribution in [1.82, 2.24) is 4.98 Å². The molecule has 1 aromatic carbocycles. The van der Waals surface area contributed by atoms with E-state index in [1.165, 1.54) is 12.1 Å². The number of carbonyl (C=O) groups excluding carboxylic acids is 1. The summed E-state index contributed by atoms with van der Waals surface area (Å²) >= 11 is 0. The number of nitrogens with zero attached hydrogens (tertiary/aromatic N) is 1. The molecule has 1 aromatic heterocycles. The Morgan fingerprint density at radius 3 is 2.59 bits per heavy atom. The molecule has 0 saturated heterocycles. The standard InChI is InChI=1S/C13H12N2O2/c1-9-6-7-14-8-12(9)15-13(17)10-2-4-11(16)5-3-10/h2-8,16H,1H3,(H,15,17). The highest BCUT2D eigenvalue weighted by Gasteiger charge is 2.07. The van der Waals surface area contributed by atoms with Crippen molar-refractivity contribution in [1.29, 1.82) is 0 Å². The third kappa shape index (κ3) is 2.60. The van der Waals surface area contributed by atoms with Crippen molar-refractivity contribution in [2.45, 2.75) is 6.92 Å². The van der Waals surface area contributed by atoms with Crippen LogP contribution < -0.4 is 5.32 Å². The molecule has 17 heavy (non-hydrogen) atoms. The van der Waals surface area contributed by atoms with E-state index in [9.17, 15) is 4.79 Å². The maximum Gasteiger partial charge on any atom is 0.255 e. The second-order valence-corrected chi connectivity index (χ2v) is 3.69. The van der Waals surface area contributed by atoms with Crippen LogP contribution in [-0.2, 0) is 0 Å². The van der Waals surface area contributed by atoms with E-state index in [1.54, 1.807) is 24.5 Å². The number of phenols is 1. The highest BCUT2D eigenvalue weighted by atomic mass is 16.3. The summed E-state index contributed by atoms with van der Waals surface area (Å²) in [5.41, 5.74) is 2.13. The lowest BCUT2D eigenvalue weighted by molar-refractivity contribution is 0.102. The molecule has 0 fully saturated rings. The van der Waals surface area contributed by atoms with Gasteiger partial charge in [0, 0.05) is 11.8 Å². The Kier molecular flexibility index (Phi) is 3.05. The van der Waals surface area contributed by atoms with Gasteiger partial charge in [0.2, 0.25) is 0 Å². The third-order valence-electron chi connectivity index (χ3n) is 2.42. The van der Waals surface area contributed by atoms with Gasteiger partial charge >= 0.3 is 0 Å². The van der Waals surface area contributed by atoms with Crippen molar-refractivity contribution in [2.24, 2.45) is 0 Å². The molecule has 4 heteroatoms. The van der Waals surface area contributed by atoms with Crippen LogP contribution in [0.4, 0.5) is 5.69 Å². The zero-order chi connectivity index (χ0) is 12.3. The number of hydrogen-bond acceptors (Lipinski definition) is 3. The SMILES string of the molecule is Cc1ccncc1NC(=O)c1ccc(O)cc1. The Balaban J connectivity index is 2.17. The molecule has 2 rings (SSSR count). The Hall–Kier alpha value is -2.36. The fourth-order valence-electron chi connectivity index (χ4n) is 1.40. The highest BCUT2D eigenvalue weighted by Crippen LogP contribution is 2.14.